The molecule has 0 saturated heterocycles. The fourth-order valence-corrected chi connectivity index (χ4v) is 3.35. The average molecular weight is 396 g/mol. The highest BCUT2D eigenvalue weighted by molar-refractivity contribution is 6.10. The zero-order valence-electron chi connectivity index (χ0n) is 16.1. The van der Waals surface area contributed by atoms with Crippen LogP contribution < -0.4 is 25.4 Å². The van der Waals surface area contributed by atoms with Crippen LogP contribution in [0.25, 0.3) is 0 Å². The molecule has 0 fully saturated rings. The zero-order valence-corrected chi connectivity index (χ0v) is 16.1. The van der Waals surface area contributed by atoms with E-state index in [1.54, 1.807) is 51.1 Å². The van der Waals surface area contributed by atoms with E-state index < -0.39 is 18.2 Å². The fourth-order valence-electron chi connectivity index (χ4n) is 3.35. The first-order valence-corrected chi connectivity index (χ1v) is 9.18. The van der Waals surface area contributed by atoms with Gasteiger partial charge in [0.2, 0.25) is 0 Å². The molecular weight excluding hydrogens is 376 g/mol. The maximum absolute atomic E-state index is 13.2. The van der Waals surface area contributed by atoms with Crippen molar-refractivity contribution >= 4 is 34.9 Å². The van der Waals surface area contributed by atoms with Gasteiger partial charge in [-0.2, -0.15) is 0 Å². The number of nitrogens with two attached hydrogens (primary N) is 1. The van der Waals surface area contributed by atoms with Gasteiger partial charge in [0.15, 0.2) is 29.6 Å². The molecule has 9 nitrogen and oxygen atoms in total. The summed E-state index contributed by atoms with van der Waals surface area (Å²) in [5.74, 6) is 0.279. The van der Waals surface area contributed by atoms with Gasteiger partial charge in [0.25, 0.3) is 11.8 Å². The van der Waals surface area contributed by atoms with Crippen LogP contribution in [0.3, 0.4) is 0 Å². The second-order valence-electron chi connectivity index (χ2n) is 7.03. The molecule has 0 spiro atoms. The molecule has 1 aromatic heterocycles. The Labute approximate surface area is 166 Å². The number of aromatic nitrogens is 1. The Bertz CT molecular complexity index is 1040. The van der Waals surface area contributed by atoms with Crippen molar-refractivity contribution in [1.29, 1.82) is 0 Å². The van der Waals surface area contributed by atoms with E-state index in [1.807, 2.05) is 0 Å². The SMILES string of the molecule is CC1Oc2ccc(C(=O)C(C)N3C(=O)C(C)Oc4ccc(N)nc43)cc2NC1=O. The minimum absolute atomic E-state index is 0.206. The van der Waals surface area contributed by atoms with E-state index in [0.717, 1.165) is 0 Å². The summed E-state index contributed by atoms with van der Waals surface area (Å²) < 4.78 is 11.1. The van der Waals surface area contributed by atoms with E-state index in [0.29, 0.717) is 22.7 Å². The Hall–Kier alpha value is -3.62. The minimum Gasteiger partial charge on any atom is -0.479 e. The number of carbonyl (C=O) groups excluding carboxylic acids is 3. The Morgan fingerprint density at radius 2 is 1.83 bits per heavy atom. The lowest BCUT2D eigenvalue weighted by Crippen LogP contribution is -2.52. The van der Waals surface area contributed by atoms with Crippen LogP contribution in [0, 0.1) is 0 Å². The van der Waals surface area contributed by atoms with Crippen molar-refractivity contribution in [1.82, 2.24) is 4.98 Å². The van der Waals surface area contributed by atoms with E-state index in [4.69, 9.17) is 15.2 Å². The number of rotatable bonds is 3. The smallest absolute Gasteiger partial charge is 0.269 e. The molecule has 0 radical (unpaired) electrons. The molecule has 2 aromatic rings. The molecule has 0 saturated carbocycles. The molecule has 2 amide bonds. The van der Waals surface area contributed by atoms with Crippen molar-refractivity contribution in [2.45, 2.75) is 39.0 Å². The largest absolute Gasteiger partial charge is 0.479 e. The highest BCUT2D eigenvalue weighted by Crippen LogP contribution is 2.36. The summed E-state index contributed by atoms with van der Waals surface area (Å²) in [6, 6.07) is 7.10. The Balaban J connectivity index is 1.68. The van der Waals surface area contributed by atoms with Gasteiger partial charge in [0.05, 0.1) is 11.7 Å². The number of nitrogens with zero attached hydrogens (tertiary/aromatic N) is 2. The van der Waals surface area contributed by atoms with E-state index in [2.05, 4.69) is 10.3 Å². The average Bonchev–Trinajstić information content (AvgIpc) is 2.69. The van der Waals surface area contributed by atoms with E-state index in [-0.39, 0.29) is 29.2 Å². The van der Waals surface area contributed by atoms with Gasteiger partial charge >= 0.3 is 0 Å². The van der Waals surface area contributed by atoms with Crippen LogP contribution in [0.5, 0.6) is 11.5 Å². The lowest BCUT2D eigenvalue weighted by atomic mass is 10.0. The maximum Gasteiger partial charge on any atom is 0.269 e. The summed E-state index contributed by atoms with van der Waals surface area (Å²) in [6.45, 7) is 4.86. The van der Waals surface area contributed by atoms with E-state index >= 15 is 0 Å². The quantitative estimate of drug-likeness (QED) is 0.758. The number of ketones is 1. The summed E-state index contributed by atoms with van der Waals surface area (Å²) in [7, 11) is 0. The molecule has 3 heterocycles. The van der Waals surface area contributed by atoms with E-state index in [9.17, 15) is 14.4 Å². The summed E-state index contributed by atoms with van der Waals surface area (Å²) >= 11 is 0. The van der Waals surface area contributed by atoms with Crippen LogP contribution in [0.1, 0.15) is 31.1 Å². The van der Waals surface area contributed by atoms with Crippen LogP contribution in [-0.4, -0.2) is 40.8 Å². The molecule has 0 aliphatic carbocycles. The van der Waals surface area contributed by atoms with Crippen LogP contribution >= 0.6 is 0 Å². The summed E-state index contributed by atoms with van der Waals surface area (Å²) in [5.41, 5.74) is 6.51. The number of nitrogen functional groups attached to an aromatic ring is 1. The number of Topliss-reactive ketones (excluding diaryl/α,β-unsaturated/α-hetero) is 1. The molecule has 29 heavy (non-hydrogen) atoms. The van der Waals surface area contributed by atoms with Crippen molar-refractivity contribution in [2.24, 2.45) is 0 Å². The molecule has 3 unspecified atom stereocenters. The zero-order chi connectivity index (χ0) is 20.9. The van der Waals surface area contributed by atoms with Crippen molar-refractivity contribution < 1.29 is 23.9 Å². The molecule has 0 bridgehead atoms. The molecule has 150 valence electrons. The number of nitrogens with one attached hydrogen (secondary N) is 1. The summed E-state index contributed by atoms with van der Waals surface area (Å²) in [4.78, 5) is 43.3. The van der Waals surface area contributed by atoms with Crippen LogP contribution in [0.15, 0.2) is 30.3 Å². The highest BCUT2D eigenvalue weighted by Gasteiger charge is 2.39. The number of ether oxygens (including phenoxy) is 2. The monoisotopic (exact) mass is 396 g/mol. The van der Waals surface area contributed by atoms with Crippen LogP contribution in [0.2, 0.25) is 0 Å². The first kappa shape index (κ1) is 18.7. The van der Waals surface area contributed by atoms with Gasteiger partial charge in [-0.1, -0.05) is 0 Å². The fraction of sp³-hybridized carbons (Fsp3) is 0.300. The number of carbonyl (C=O) groups is 3. The van der Waals surface area contributed by atoms with Crippen molar-refractivity contribution in [3.05, 3.63) is 35.9 Å². The third-order valence-corrected chi connectivity index (χ3v) is 4.94. The summed E-state index contributed by atoms with van der Waals surface area (Å²) in [6.07, 6.45) is -1.37. The molecule has 9 heteroatoms. The Morgan fingerprint density at radius 1 is 1.14 bits per heavy atom. The number of hydrogen-bond donors (Lipinski definition) is 2. The standard InChI is InChI=1S/C20H20N4O5/c1-9(24-18-15(6-7-16(21)23-18)29-11(3)20(24)27)17(25)12-4-5-14-13(8-12)22-19(26)10(2)28-14/h4-11H,1-3H3,(H2,21,23)(H,22,26). The number of amides is 2. The molecule has 4 rings (SSSR count). The number of pyridine rings is 1. The second-order valence-corrected chi connectivity index (χ2v) is 7.03. The van der Waals surface area contributed by atoms with Crippen LogP contribution in [-0.2, 0) is 9.59 Å². The molecule has 2 aliphatic heterocycles. The second kappa shape index (κ2) is 6.77. The van der Waals surface area contributed by atoms with Gasteiger partial charge in [-0.05, 0) is 51.1 Å². The van der Waals surface area contributed by atoms with Gasteiger partial charge in [0, 0.05) is 5.56 Å². The number of fused-ring (bicyclic) bond motifs is 2. The third kappa shape index (κ3) is 3.14. The molecule has 3 N–H and O–H groups in total. The number of anilines is 3. The normalized spacial score (nSPS) is 21.3. The Kier molecular flexibility index (Phi) is 4.37. The van der Waals surface area contributed by atoms with Crippen molar-refractivity contribution in [3.63, 3.8) is 0 Å². The molecule has 1 aromatic carbocycles. The predicted molar refractivity (Wildman–Crippen MR) is 105 cm³/mol. The van der Waals surface area contributed by atoms with E-state index in [1.165, 1.54) is 4.90 Å². The molecule has 3 atom stereocenters. The molecule has 2 aliphatic rings. The third-order valence-electron chi connectivity index (χ3n) is 4.94. The first-order chi connectivity index (χ1) is 13.8. The van der Waals surface area contributed by atoms with Gasteiger partial charge in [-0.25, -0.2) is 4.98 Å². The molecular formula is C20H20N4O5. The van der Waals surface area contributed by atoms with Gasteiger partial charge in [-0.3, -0.25) is 19.3 Å². The van der Waals surface area contributed by atoms with Crippen molar-refractivity contribution in [2.75, 3.05) is 16.0 Å². The van der Waals surface area contributed by atoms with Gasteiger partial charge in [0.1, 0.15) is 11.6 Å². The van der Waals surface area contributed by atoms with Crippen molar-refractivity contribution in [3.8, 4) is 11.5 Å². The Morgan fingerprint density at radius 3 is 2.59 bits per heavy atom. The maximum atomic E-state index is 13.2. The lowest BCUT2D eigenvalue weighted by Gasteiger charge is -2.35. The highest BCUT2D eigenvalue weighted by atomic mass is 16.5. The predicted octanol–water partition coefficient (Wildman–Crippen LogP) is 1.77. The topological polar surface area (TPSA) is 124 Å². The number of benzene rings is 1. The van der Waals surface area contributed by atoms with Crippen LogP contribution in [0.4, 0.5) is 17.3 Å². The lowest BCUT2D eigenvalue weighted by molar-refractivity contribution is -0.126. The van der Waals surface area contributed by atoms with Gasteiger partial charge in [-0.15, -0.1) is 0 Å². The minimum atomic E-state index is -0.862. The first-order valence-electron chi connectivity index (χ1n) is 9.18. The summed E-state index contributed by atoms with van der Waals surface area (Å²) in [5, 5.41) is 2.72. The number of hydrogen-bond acceptors (Lipinski definition) is 7. The van der Waals surface area contributed by atoms with Gasteiger partial charge < -0.3 is 20.5 Å².